The highest BCUT2D eigenvalue weighted by Crippen LogP contribution is 2.41. The van der Waals surface area contributed by atoms with Gasteiger partial charge in [-0.3, -0.25) is 0 Å². The maximum atomic E-state index is 10.8. The van der Waals surface area contributed by atoms with Gasteiger partial charge in [-0.15, -0.1) is 0 Å². The molecule has 6 heteroatoms. The zero-order valence-corrected chi connectivity index (χ0v) is 10.7. The van der Waals surface area contributed by atoms with Gasteiger partial charge in [-0.1, -0.05) is 5.16 Å². The largest absolute Gasteiger partial charge is 0.504 e. The molecule has 1 heterocycles. The van der Waals surface area contributed by atoms with Crippen LogP contribution in [-0.4, -0.2) is 28.4 Å². The van der Waals surface area contributed by atoms with Gasteiger partial charge in [0.15, 0.2) is 23.0 Å². The summed E-state index contributed by atoms with van der Waals surface area (Å²) in [5.74, 6) is -0.711. The number of aromatic hydroxyl groups is 1. The highest BCUT2D eigenvalue weighted by Gasteiger charge is 2.20. The number of hydrogen-bond acceptors (Lipinski definition) is 5. The molecule has 0 fully saturated rings. The van der Waals surface area contributed by atoms with Crippen molar-refractivity contribution in [3.63, 3.8) is 0 Å². The minimum Gasteiger partial charge on any atom is -0.504 e. The van der Waals surface area contributed by atoms with Gasteiger partial charge in [0.05, 0.1) is 12.7 Å². The Bertz CT molecular complexity index is 645. The summed E-state index contributed by atoms with van der Waals surface area (Å²) in [5.41, 5.74) is 1.79. The van der Waals surface area contributed by atoms with Crippen molar-refractivity contribution in [3.05, 3.63) is 29.0 Å². The number of aryl methyl sites for hydroxylation is 1. The summed E-state index contributed by atoms with van der Waals surface area (Å²) in [7, 11) is 1.42. The van der Waals surface area contributed by atoms with Crippen LogP contribution < -0.4 is 4.74 Å². The summed E-state index contributed by atoms with van der Waals surface area (Å²) in [6, 6.07) is 3.04. The fourth-order valence-corrected chi connectivity index (χ4v) is 1.77. The number of phenolic OH excluding ortho intramolecular Hbond substituents is 1. The minimum absolute atomic E-state index is 0.00535. The van der Waals surface area contributed by atoms with E-state index in [1.807, 2.05) is 6.92 Å². The molecule has 19 heavy (non-hydrogen) atoms. The monoisotopic (exact) mass is 263 g/mol. The molecule has 2 N–H and O–H groups in total. The first-order valence-corrected chi connectivity index (χ1v) is 5.53. The number of aromatic nitrogens is 1. The maximum absolute atomic E-state index is 10.8. The van der Waals surface area contributed by atoms with E-state index < -0.39 is 5.97 Å². The van der Waals surface area contributed by atoms with Crippen LogP contribution in [0, 0.1) is 13.8 Å². The molecule has 0 spiro atoms. The van der Waals surface area contributed by atoms with Crippen LogP contribution in [0.15, 0.2) is 16.7 Å². The van der Waals surface area contributed by atoms with E-state index in [4.69, 9.17) is 14.4 Å². The number of ether oxygens (including phenoxy) is 1. The summed E-state index contributed by atoms with van der Waals surface area (Å²) in [5, 5.41) is 22.3. The second kappa shape index (κ2) is 4.64. The van der Waals surface area contributed by atoms with E-state index in [-0.39, 0.29) is 23.0 Å². The van der Waals surface area contributed by atoms with Crippen molar-refractivity contribution in [3.8, 4) is 22.8 Å². The molecular formula is C13H13NO5. The van der Waals surface area contributed by atoms with E-state index in [0.717, 1.165) is 5.56 Å². The van der Waals surface area contributed by atoms with E-state index in [9.17, 15) is 9.90 Å². The van der Waals surface area contributed by atoms with Gasteiger partial charge in [-0.05, 0) is 31.0 Å². The number of phenols is 1. The quantitative estimate of drug-likeness (QED) is 0.883. The number of carboxylic acids is 1. The molecule has 0 unspecified atom stereocenters. The van der Waals surface area contributed by atoms with Crippen LogP contribution in [0.1, 0.15) is 21.6 Å². The Hall–Kier alpha value is -2.50. The molecule has 0 aliphatic heterocycles. The maximum Gasteiger partial charge on any atom is 0.358 e. The lowest BCUT2D eigenvalue weighted by Gasteiger charge is -2.12. The summed E-state index contributed by atoms with van der Waals surface area (Å²) >= 11 is 0. The average Bonchev–Trinajstić information content (AvgIpc) is 2.85. The van der Waals surface area contributed by atoms with Crippen molar-refractivity contribution >= 4 is 5.97 Å². The Labute approximate surface area is 109 Å². The van der Waals surface area contributed by atoms with Crippen LogP contribution in [0.25, 0.3) is 11.3 Å². The van der Waals surface area contributed by atoms with Crippen LogP contribution in [-0.2, 0) is 0 Å². The number of rotatable bonds is 3. The molecule has 1 aromatic heterocycles. The normalized spacial score (nSPS) is 10.5. The number of aromatic carboxylic acids is 1. The second-order valence-corrected chi connectivity index (χ2v) is 4.13. The number of carboxylic acid groups (broad SMARTS) is 1. The van der Waals surface area contributed by atoms with Crippen molar-refractivity contribution in [1.29, 1.82) is 0 Å². The lowest BCUT2D eigenvalue weighted by molar-refractivity contribution is 0.0686. The van der Waals surface area contributed by atoms with E-state index in [1.165, 1.54) is 13.2 Å². The van der Waals surface area contributed by atoms with Gasteiger partial charge in [0.2, 0.25) is 0 Å². The Morgan fingerprint density at radius 3 is 2.58 bits per heavy atom. The van der Waals surface area contributed by atoms with Crippen LogP contribution >= 0.6 is 0 Å². The predicted molar refractivity (Wildman–Crippen MR) is 66.6 cm³/mol. The van der Waals surface area contributed by atoms with Crippen LogP contribution in [0.4, 0.5) is 0 Å². The predicted octanol–water partition coefficient (Wildman–Crippen LogP) is 2.37. The minimum atomic E-state index is -1.18. The van der Waals surface area contributed by atoms with Gasteiger partial charge in [-0.25, -0.2) is 4.79 Å². The molecule has 0 atom stereocenters. The molecule has 0 radical (unpaired) electrons. The van der Waals surface area contributed by atoms with Crippen molar-refractivity contribution in [2.75, 3.05) is 7.11 Å². The van der Waals surface area contributed by atoms with Crippen molar-refractivity contribution in [1.82, 2.24) is 5.16 Å². The molecule has 0 aliphatic rings. The molecular weight excluding hydrogens is 250 g/mol. The van der Waals surface area contributed by atoms with Gasteiger partial charge in [-0.2, -0.15) is 0 Å². The smallest absolute Gasteiger partial charge is 0.358 e. The summed E-state index contributed by atoms with van der Waals surface area (Å²) in [6.45, 7) is 3.59. The SMILES string of the molecule is COc1c(-c2cc(C(=O)O)no2)cc(C)c(C)c1O. The standard InChI is InChI=1S/C13H13NO5/c1-6-4-8(12(18-3)11(15)7(6)2)10-5-9(13(16)17)14-19-10/h4-5,15H,1-3H3,(H,16,17). The first kappa shape index (κ1) is 12.9. The number of hydrogen-bond donors (Lipinski definition) is 2. The van der Waals surface area contributed by atoms with Crippen LogP contribution in [0.2, 0.25) is 0 Å². The Balaban J connectivity index is 2.63. The summed E-state index contributed by atoms with van der Waals surface area (Å²) in [4.78, 5) is 10.8. The Kier molecular flexibility index (Phi) is 3.16. The first-order chi connectivity index (χ1) is 8.95. The average molecular weight is 263 g/mol. The summed E-state index contributed by atoms with van der Waals surface area (Å²) in [6.07, 6.45) is 0. The molecule has 100 valence electrons. The molecule has 0 saturated heterocycles. The Morgan fingerprint density at radius 1 is 1.37 bits per heavy atom. The summed E-state index contributed by atoms with van der Waals surface area (Å²) < 4.78 is 10.1. The Morgan fingerprint density at radius 2 is 2.05 bits per heavy atom. The molecule has 0 amide bonds. The highest BCUT2D eigenvalue weighted by atomic mass is 16.5. The molecule has 1 aromatic carbocycles. The molecule has 2 rings (SSSR count). The first-order valence-electron chi connectivity index (χ1n) is 5.53. The van der Waals surface area contributed by atoms with Gasteiger partial charge in [0.25, 0.3) is 0 Å². The number of benzene rings is 1. The fourth-order valence-electron chi connectivity index (χ4n) is 1.77. The fraction of sp³-hybridized carbons (Fsp3) is 0.231. The molecule has 0 aliphatic carbocycles. The van der Waals surface area contributed by atoms with Gasteiger partial charge >= 0.3 is 5.97 Å². The van der Waals surface area contributed by atoms with Gasteiger partial charge in [0.1, 0.15) is 0 Å². The topological polar surface area (TPSA) is 92.8 Å². The lowest BCUT2D eigenvalue weighted by Crippen LogP contribution is -1.95. The van der Waals surface area contributed by atoms with Gasteiger partial charge < -0.3 is 19.5 Å². The molecule has 0 bridgehead atoms. The van der Waals surface area contributed by atoms with E-state index in [0.29, 0.717) is 11.1 Å². The lowest BCUT2D eigenvalue weighted by atomic mass is 10.0. The number of carbonyl (C=O) groups is 1. The molecule has 6 nitrogen and oxygen atoms in total. The highest BCUT2D eigenvalue weighted by molar-refractivity contribution is 5.87. The molecule has 0 saturated carbocycles. The van der Waals surface area contributed by atoms with Crippen molar-refractivity contribution < 1.29 is 24.3 Å². The number of methoxy groups -OCH3 is 1. The van der Waals surface area contributed by atoms with Gasteiger partial charge in [0, 0.05) is 6.07 Å². The third-order valence-corrected chi connectivity index (χ3v) is 2.97. The van der Waals surface area contributed by atoms with Crippen LogP contribution in [0.3, 0.4) is 0 Å². The van der Waals surface area contributed by atoms with Crippen molar-refractivity contribution in [2.45, 2.75) is 13.8 Å². The molecule has 2 aromatic rings. The van der Waals surface area contributed by atoms with Crippen LogP contribution in [0.5, 0.6) is 11.5 Å². The zero-order chi connectivity index (χ0) is 14.2. The van der Waals surface area contributed by atoms with E-state index >= 15 is 0 Å². The van der Waals surface area contributed by atoms with E-state index in [2.05, 4.69) is 5.16 Å². The third-order valence-electron chi connectivity index (χ3n) is 2.97. The zero-order valence-electron chi connectivity index (χ0n) is 10.7. The van der Waals surface area contributed by atoms with E-state index in [1.54, 1.807) is 13.0 Å². The second-order valence-electron chi connectivity index (χ2n) is 4.13. The number of nitrogens with zero attached hydrogens (tertiary/aromatic N) is 1. The third kappa shape index (κ3) is 2.12. The van der Waals surface area contributed by atoms with Crippen molar-refractivity contribution in [2.24, 2.45) is 0 Å².